The van der Waals surface area contributed by atoms with Crippen molar-refractivity contribution < 1.29 is 4.39 Å². The summed E-state index contributed by atoms with van der Waals surface area (Å²) in [5.74, 6) is 0.199. The predicted octanol–water partition coefficient (Wildman–Crippen LogP) is 3.66. The van der Waals surface area contributed by atoms with Crippen molar-refractivity contribution in [3.63, 3.8) is 0 Å². The number of pyridine rings is 1. The average Bonchev–Trinajstić information content (AvgIpc) is 2.81. The SMILES string of the molecule is CSc1cc(N)nc(SC(C)c2cc3c(F)cn(C)c3cn2)n1. The molecular formula is C15H16FN5S2. The van der Waals surface area contributed by atoms with Gasteiger partial charge in [-0.2, -0.15) is 0 Å². The maximum atomic E-state index is 13.9. The van der Waals surface area contributed by atoms with Crippen LogP contribution in [0.4, 0.5) is 10.2 Å². The van der Waals surface area contributed by atoms with Crippen LogP contribution in [0.2, 0.25) is 0 Å². The van der Waals surface area contributed by atoms with Crippen LogP contribution >= 0.6 is 23.5 Å². The molecule has 0 spiro atoms. The number of fused-ring (bicyclic) bond motifs is 1. The standard InChI is InChI=1S/C15H16FN5S2/c1-8(23-15-19-13(17)5-14(20-15)22-3)11-4-9-10(16)7-21(2)12(9)6-18-11/h4-8H,1-3H3,(H2,17,19,20). The Morgan fingerprint density at radius 1 is 1.30 bits per heavy atom. The molecule has 8 heteroatoms. The lowest BCUT2D eigenvalue weighted by atomic mass is 10.2. The molecule has 0 saturated carbocycles. The number of nitrogen functional groups attached to an aromatic ring is 1. The van der Waals surface area contributed by atoms with E-state index in [-0.39, 0.29) is 11.1 Å². The Morgan fingerprint density at radius 3 is 2.83 bits per heavy atom. The van der Waals surface area contributed by atoms with Crippen LogP contribution in [0.15, 0.2) is 34.7 Å². The van der Waals surface area contributed by atoms with Crippen LogP contribution in [-0.4, -0.2) is 25.8 Å². The summed E-state index contributed by atoms with van der Waals surface area (Å²) in [5, 5.41) is 1.97. The molecule has 3 rings (SSSR count). The number of hydrogen-bond donors (Lipinski definition) is 1. The summed E-state index contributed by atoms with van der Waals surface area (Å²) < 4.78 is 15.7. The number of rotatable bonds is 4. The van der Waals surface area contributed by atoms with Crippen LogP contribution in [0.5, 0.6) is 0 Å². The minimum absolute atomic E-state index is 0.0180. The van der Waals surface area contributed by atoms with E-state index in [9.17, 15) is 4.39 Å². The van der Waals surface area contributed by atoms with E-state index in [0.717, 1.165) is 16.2 Å². The number of nitrogens with two attached hydrogens (primary N) is 1. The van der Waals surface area contributed by atoms with Crippen molar-refractivity contribution in [2.45, 2.75) is 22.4 Å². The lowest BCUT2D eigenvalue weighted by Gasteiger charge is -2.11. The highest BCUT2D eigenvalue weighted by molar-refractivity contribution is 7.99. The summed E-state index contributed by atoms with van der Waals surface area (Å²) in [7, 11) is 1.80. The van der Waals surface area contributed by atoms with Crippen LogP contribution in [0.1, 0.15) is 17.9 Å². The summed E-state index contributed by atoms with van der Waals surface area (Å²) in [6, 6.07) is 3.52. The molecule has 0 aliphatic rings. The highest BCUT2D eigenvalue weighted by Crippen LogP contribution is 2.34. The minimum atomic E-state index is -0.242. The molecule has 0 aromatic carbocycles. The van der Waals surface area contributed by atoms with E-state index < -0.39 is 0 Å². The number of aryl methyl sites for hydroxylation is 1. The molecule has 0 saturated heterocycles. The predicted molar refractivity (Wildman–Crippen MR) is 93.2 cm³/mol. The second-order valence-electron chi connectivity index (χ2n) is 5.09. The Hall–Kier alpha value is -1.80. The number of halogens is 1. The normalized spacial score (nSPS) is 12.7. The summed E-state index contributed by atoms with van der Waals surface area (Å²) in [6.07, 6.45) is 5.09. The maximum absolute atomic E-state index is 13.9. The Morgan fingerprint density at radius 2 is 2.09 bits per heavy atom. The van der Waals surface area contributed by atoms with Gasteiger partial charge in [0.25, 0.3) is 0 Å². The van der Waals surface area contributed by atoms with Crippen molar-refractivity contribution in [1.82, 2.24) is 19.5 Å². The first-order valence-corrected chi connectivity index (χ1v) is 9.04. The molecule has 3 aromatic rings. The number of nitrogens with zero attached hydrogens (tertiary/aromatic N) is 4. The number of hydrogen-bond acceptors (Lipinski definition) is 6. The zero-order valence-corrected chi connectivity index (χ0v) is 14.6. The lowest BCUT2D eigenvalue weighted by molar-refractivity contribution is 0.633. The van der Waals surface area contributed by atoms with E-state index in [0.29, 0.717) is 16.4 Å². The molecule has 0 amide bonds. The quantitative estimate of drug-likeness (QED) is 0.440. The molecule has 3 aromatic heterocycles. The molecule has 0 radical (unpaired) electrons. The highest BCUT2D eigenvalue weighted by atomic mass is 32.2. The Bertz CT molecular complexity index is 864. The van der Waals surface area contributed by atoms with Gasteiger partial charge in [-0.1, -0.05) is 11.8 Å². The van der Waals surface area contributed by atoms with Crippen LogP contribution < -0.4 is 5.73 Å². The van der Waals surface area contributed by atoms with E-state index in [2.05, 4.69) is 15.0 Å². The molecule has 3 heterocycles. The molecule has 2 N–H and O–H groups in total. The molecule has 1 atom stereocenters. The number of aromatic nitrogens is 4. The van der Waals surface area contributed by atoms with Gasteiger partial charge in [0.15, 0.2) is 5.16 Å². The number of thioether (sulfide) groups is 2. The van der Waals surface area contributed by atoms with E-state index in [1.165, 1.54) is 29.7 Å². The fourth-order valence-electron chi connectivity index (χ4n) is 2.26. The number of anilines is 1. The molecule has 5 nitrogen and oxygen atoms in total. The van der Waals surface area contributed by atoms with Crippen molar-refractivity contribution in [3.8, 4) is 0 Å². The van der Waals surface area contributed by atoms with E-state index in [1.807, 2.05) is 13.2 Å². The Kier molecular flexibility index (Phi) is 4.45. The van der Waals surface area contributed by atoms with Crippen LogP contribution in [-0.2, 0) is 7.05 Å². The molecule has 23 heavy (non-hydrogen) atoms. The van der Waals surface area contributed by atoms with Gasteiger partial charge in [0, 0.05) is 24.7 Å². The summed E-state index contributed by atoms with van der Waals surface area (Å²) in [4.78, 5) is 13.1. The van der Waals surface area contributed by atoms with E-state index in [1.54, 1.807) is 29.9 Å². The van der Waals surface area contributed by atoms with Gasteiger partial charge in [0.1, 0.15) is 16.7 Å². The van der Waals surface area contributed by atoms with Gasteiger partial charge in [-0.05, 0) is 19.2 Å². The van der Waals surface area contributed by atoms with E-state index in [4.69, 9.17) is 5.73 Å². The smallest absolute Gasteiger partial charge is 0.191 e. The molecule has 0 aliphatic heterocycles. The molecule has 1 unspecified atom stereocenters. The first-order chi connectivity index (χ1) is 11.0. The fraction of sp³-hybridized carbons (Fsp3) is 0.267. The van der Waals surface area contributed by atoms with Crippen LogP contribution in [0.25, 0.3) is 10.9 Å². The molecule has 0 bridgehead atoms. The molecule has 0 fully saturated rings. The zero-order valence-electron chi connectivity index (χ0n) is 12.9. The first-order valence-electron chi connectivity index (χ1n) is 6.93. The minimum Gasteiger partial charge on any atom is -0.384 e. The van der Waals surface area contributed by atoms with Crippen molar-refractivity contribution in [3.05, 3.63) is 36.0 Å². The van der Waals surface area contributed by atoms with Crippen LogP contribution in [0, 0.1) is 5.82 Å². The van der Waals surface area contributed by atoms with Crippen LogP contribution in [0.3, 0.4) is 0 Å². The largest absolute Gasteiger partial charge is 0.384 e. The highest BCUT2D eigenvalue weighted by Gasteiger charge is 2.15. The van der Waals surface area contributed by atoms with Crippen molar-refractivity contribution in [2.75, 3.05) is 12.0 Å². The summed E-state index contributed by atoms with van der Waals surface area (Å²) in [6.45, 7) is 1.99. The summed E-state index contributed by atoms with van der Waals surface area (Å²) in [5.41, 5.74) is 7.35. The third kappa shape index (κ3) is 3.28. The fourth-order valence-corrected chi connectivity index (χ4v) is 3.61. The van der Waals surface area contributed by atoms with Gasteiger partial charge in [-0.3, -0.25) is 4.98 Å². The van der Waals surface area contributed by atoms with Crippen molar-refractivity contribution in [2.24, 2.45) is 7.05 Å². The monoisotopic (exact) mass is 349 g/mol. The molecule has 0 aliphatic carbocycles. The third-order valence-corrected chi connectivity index (χ3v) is 5.07. The summed E-state index contributed by atoms with van der Waals surface area (Å²) >= 11 is 2.97. The van der Waals surface area contributed by atoms with Gasteiger partial charge in [-0.15, -0.1) is 11.8 Å². The van der Waals surface area contributed by atoms with Crippen molar-refractivity contribution >= 4 is 40.2 Å². The molecule has 120 valence electrons. The molecular weight excluding hydrogens is 333 g/mol. The van der Waals surface area contributed by atoms with E-state index >= 15 is 0 Å². The van der Waals surface area contributed by atoms with Crippen molar-refractivity contribution in [1.29, 1.82) is 0 Å². The second kappa shape index (κ2) is 6.37. The lowest BCUT2D eigenvalue weighted by Crippen LogP contribution is -1.99. The Balaban J connectivity index is 1.90. The second-order valence-corrected chi connectivity index (χ2v) is 7.23. The van der Waals surface area contributed by atoms with Gasteiger partial charge >= 0.3 is 0 Å². The van der Waals surface area contributed by atoms with Gasteiger partial charge < -0.3 is 10.3 Å². The third-order valence-electron chi connectivity index (χ3n) is 3.46. The zero-order chi connectivity index (χ0) is 16.6. The maximum Gasteiger partial charge on any atom is 0.191 e. The first kappa shape index (κ1) is 16.1. The van der Waals surface area contributed by atoms with Gasteiger partial charge in [0.05, 0.1) is 22.7 Å². The van der Waals surface area contributed by atoms with Gasteiger partial charge in [0.2, 0.25) is 0 Å². The Labute approximate surface area is 141 Å². The van der Waals surface area contributed by atoms with Gasteiger partial charge in [-0.25, -0.2) is 14.4 Å². The topological polar surface area (TPSA) is 69.6 Å². The average molecular weight is 349 g/mol.